The van der Waals surface area contributed by atoms with E-state index in [0.717, 1.165) is 12.0 Å². The lowest BCUT2D eigenvalue weighted by Crippen LogP contribution is -2.57. The van der Waals surface area contributed by atoms with E-state index in [-0.39, 0.29) is 5.04 Å². The molecule has 0 aromatic heterocycles. The van der Waals surface area contributed by atoms with Crippen molar-refractivity contribution >= 4 is 8.07 Å². The molecular formula is C15H26OSi. The minimum atomic E-state index is -1.84. The van der Waals surface area contributed by atoms with Crippen LogP contribution in [0.1, 0.15) is 39.7 Å². The molecule has 0 amide bonds. The molecule has 0 bridgehead atoms. The lowest BCUT2D eigenvalue weighted by Gasteiger charge is -2.49. The Bertz CT molecular complexity index is 364. The fourth-order valence-electron chi connectivity index (χ4n) is 2.34. The number of hydrogen-bond donors (Lipinski definition) is 1. The first-order chi connectivity index (χ1) is 7.67. The SMILES string of the molecule is CCC(O)(c1ccccc1)[Si](C)(C)C(C)(C)C. The van der Waals surface area contributed by atoms with Gasteiger partial charge in [0.25, 0.3) is 0 Å². The van der Waals surface area contributed by atoms with Gasteiger partial charge in [0.1, 0.15) is 0 Å². The number of benzene rings is 1. The standard InChI is InChI=1S/C15H26OSi/c1-7-15(16,13-11-9-8-10-12-13)17(5,6)14(2,3)4/h8-12,16H,7H2,1-6H3. The molecule has 2 heteroatoms. The maximum Gasteiger partial charge on any atom is 0.0961 e. The Morgan fingerprint density at radius 3 is 1.88 bits per heavy atom. The molecule has 1 aromatic rings. The van der Waals surface area contributed by atoms with Crippen molar-refractivity contribution in [1.29, 1.82) is 0 Å². The quantitative estimate of drug-likeness (QED) is 0.792. The van der Waals surface area contributed by atoms with Crippen LogP contribution in [0.25, 0.3) is 0 Å². The zero-order valence-corrected chi connectivity index (χ0v) is 13.0. The van der Waals surface area contributed by atoms with E-state index in [9.17, 15) is 5.11 Å². The van der Waals surface area contributed by atoms with E-state index in [1.807, 2.05) is 18.2 Å². The van der Waals surface area contributed by atoms with Crippen molar-refractivity contribution in [1.82, 2.24) is 0 Å². The predicted molar refractivity (Wildman–Crippen MR) is 77.8 cm³/mol. The molecule has 0 aliphatic heterocycles. The first kappa shape index (κ1) is 14.5. The highest BCUT2D eigenvalue weighted by atomic mass is 28.3. The lowest BCUT2D eigenvalue weighted by atomic mass is 10.1. The molecule has 1 aromatic carbocycles. The zero-order chi connectivity index (χ0) is 13.3. The summed E-state index contributed by atoms with van der Waals surface area (Å²) in [4.78, 5) is 0. The van der Waals surface area contributed by atoms with Crippen molar-refractivity contribution in [3.05, 3.63) is 35.9 Å². The van der Waals surface area contributed by atoms with Crippen LogP contribution in [0.3, 0.4) is 0 Å². The third-order valence-corrected chi connectivity index (χ3v) is 11.1. The molecule has 1 rings (SSSR count). The summed E-state index contributed by atoms with van der Waals surface area (Å²) < 4.78 is 0. The monoisotopic (exact) mass is 250 g/mol. The number of aliphatic hydroxyl groups is 1. The first-order valence-electron chi connectivity index (χ1n) is 6.44. The van der Waals surface area contributed by atoms with Crippen LogP contribution in [0.15, 0.2) is 30.3 Å². The number of hydrogen-bond acceptors (Lipinski definition) is 1. The molecule has 0 fully saturated rings. The minimum Gasteiger partial charge on any atom is -0.389 e. The summed E-state index contributed by atoms with van der Waals surface area (Å²) in [6.45, 7) is 13.4. The van der Waals surface area contributed by atoms with Crippen molar-refractivity contribution in [2.45, 2.75) is 57.5 Å². The summed E-state index contributed by atoms with van der Waals surface area (Å²) in [5.41, 5.74) is 1.08. The van der Waals surface area contributed by atoms with Gasteiger partial charge in [0, 0.05) is 0 Å². The molecule has 0 radical (unpaired) electrons. The Labute approximate surface area is 107 Å². The van der Waals surface area contributed by atoms with Crippen LogP contribution >= 0.6 is 0 Å². The minimum absolute atomic E-state index is 0.174. The van der Waals surface area contributed by atoms with E-state index >= 15 is 0 Å². The molecule has 1 nitrogen and oxygen atoms in total. The van der Waals surface area contributed by atoms with Gasteiger partial charge in [-0.3, -0.25) is 0 Å². The van der Waals surface area contributed by atoms with Crippen LogP contribution < -0.4 is 0 Å². The Kier molecular flexibility index (Phi) is 3.90. The van der Waals surface area contributed by atoms with Gasteiger partial charge in [-0.05, 0) is 17.0 Å². The smallest absolute Gasteiger partial charge is 0.0961 e. The van der Waals surface area contributed by atoms with Crippen LogP contribution in [-0.2, 0) is 5.22 Å². The van der Waals surface area contributed by atoms with E-state index in [1.165, 1.54) is 0 Å². The highest BCUT2D eigenvalue weighted by molar-refractivity contribution is 6.82. The lowest BCUT2D eigenvalue weighted by molar-refractivity contribution is 0.104. The van der Waals surface area contributed by atoms with E-state index in [2.05, 4.69) is 52.9 Å². The molecule has 0 aliphatic carbocycles. The van der Waals surface area contributed by atoms with E-state index in [1.54, 1.807) is 0 Å². The highest BCUT2D eigenvalue weighted by Gasteiger charge is 2.51. The first-order valence-corrected chi connectivity index (χ1v) is 9.44. The Morgan fingerprint density at radius 1 is 1.06 bits per heavy atom. The van der Waals surface area contributed by atoms with Gasteiger partial charge in [-0.25, -0.2) is 0 Å². The Balaban J connectivity index is 3.31. The van der Waals surface area contributed by atoms with Crippen LogP contribution in [0, 0.1) is 0 Å². The zero-order valence-electron chi connectivity index (χ0n) is 12.0. The molecule has 1 N–H and O–H groups in total. The summed E-state index contributed by atoms with van der Waals surface area (Å²) in [6.07, 6.45) is 0.785. The van der Waals surface area contributed by atoms with Gasteiger partial charge >= 0.3 is 0 Å². The third-order valence-electron chi connectivity index (χ3n) is 4.67. The molecule has 17 heavy (non-hydrogen) atoms. The second-order valence-corrected chi connectivity index (χ2v) is 12.0. The second kappa shape index (κ2) is 4.58. The van der Waals surface area contributed by atoms with Gasteiger partial charge in [-0.15, -0.1) is 0 Å². The molecule has 96 valence electrons. The van der Waals surface area contributed by atoms with Crippen molar-refractivity contribution in [3.8, 4) is 0 Å². The van der Waals surface area contributed by atoms with Crippen molar-refractivity contribution in [2.24, 2.45) is 0 Å². The van der Waals surface area contributed by atoms with Gasteiger partial charge in [0.15, 0.2) is 0 Å². The van der Waals surface area contributed by atoms with Crippen LogP contribution in [0.5, 0.6) is 0 Å². The van der Waals surface area contributed by atoms with Crippen molar-refractivity contribution in [2.75, 3.05) is 0 Å². The average Bonchev–Trinajstić information content (AvgIpc) is 2.27. The molecule has 1 atom stereocenters. The summed E-state index contributed by atoms with van der Waals surface area (Å²) in [6, 6.07) is 10.2. The Morgan fingerprint density at radius 2 is 1.53 bits per heavy atom. The van der Waals surface area contributed by atoms with Crippen LogP contribution in [0.4, 0.5) is 0 Å². The molecule has 0 spiro atoms. The molecule has 0 heterocycles. The van der Waals surface area contributed by atoms with Crippen LogP contribution in [0.2, 0.25) is 18.1 Å². The molecule has 1 unspecified atom stereocenters. The third kappa shape index (κ3) is 2.34. The molecule has 0 saturated carbocycles. The van der Waals surface area contributed by atoms with Crippen molar-refractivity contribution in [3.63, 3.8) is 0 Å². The topological polar surface area (TPSA) is 20.2 Å². The fraction of sp³-hybridized carbons (Fsp3) is 0.600. The Hall–Kier alpha value is -0.603. The maximum absolute atomic E-state index is 11.2. The molecule has 0 aliphatic rings. The average molecular weight is 250 g/mol. The largest absolute Gasteiger partial charge is 0.389 e. The van der Waals surface area contributed by atoms with E-state index in [0.29, 0.717) is 0 Å². The summed E-state index contributed by atoms with van der Waals surface area (Å²) in [7, 11) is -1.84. The van der Waals surface area contributed by atoms with Gasteiger partial charge in [0.2, 0.25) is 0 Å². The van der Waals surface area contributed by atoms with E-state index in [4.69, 9.17) is 0 Å². The van der Waals surface area contributed by atoms with E-state index < -0.39 is 13.3 Å². The summed E-state index contributed by atoms with van der Waals surface area (Å²) in [5, 5.41) is 10.7. The van der Waals surface area contributed by atoms with Crippen molar-refractivity contribution < 1.29 is 5.11 Å². The molecular weight excluding hydrogens is 224 g/mol. The summed E-state index contributed by atoms with van der Waals surface area (Å²) >= 11 is 0. The highest BCUT2D eigenvalue weighted by Crippen LogP contribution is 2.48. The fourth-order valence-corrected chi connectivity index (χ4v) is 5.35. The van der Waals surface area contributed by atoms with Gasteiger partial charge in [-0.2, -0.15) is 0 Å². The normalized spacial score (nSPS) is 16.6. The van der Waals surface area contributed by atoms with Crippen LogP contribution in [-0.4, -0.2) is 13.2 Å². The van der Waals surface area contributed by atoms with Gasteiger partial charge in [0.05, 0.1) is 13.3 Å². The predicted octanol–water partition coefficient (Wildman–Crippen LogP) is 4.33. The van der Waals surface area contributed by atoms with Gasteiger partial charge < -0.3 is 5.11 Å². The maximum atomic E-state index is 11.2. The van der Waals surface area contributed by atoms with Gasteiger partial charge in [-0.1, -0.05) is 71.1 Å². The second-order valence-electron chi connectivity index (χ2n) is 6.45. The molecule has 0 saturated heterocycles. The summed E-state index contributed by atoms with van der Waals surface area (Å²) in [5.74, 6) is 0. The number of rotatable bonds is 3.